The topological polar surface area (TPSA) is 91.7 Å². The Morgan fingerprint density at radius 3 is 2.93 bits per heavy atom. The summed E-state index contributed by atoms with van der Waals surface area (Å²) < 4.78 is 5.76. The van der Waals surface area contributed by atoms with Crippen molar-refractivity contribution < 1.29 is 4.52 Å². The number of rotatable bonds is 3. The number of nitrogens with zero attached hydrogens (tertiary/aromatic N) is 6. The number of benzene rings is 1. The summed E-state index contributed by atoms with van der Waals surface area (Å²) in [4.78, 5) is 15.5. The van der Waals surface area contributed by atoms with Gasteiger partial charge in [0, 0.05) is 18.7 Å². The number of aromatic nitrogens is 4. The Labute approximate surface area is 156 Å². The molecule has 1 aliphatic heterocycles. The van der Waals surface area contributed by atoms with Crippen molar-refractivity contribution in [2.75, 3.05) is 18.0 Å². The smallest absolute Gasteiger partial charge is 0.235 e. The zero-order chi connectivity index (χ0) is 18.3. The van der Waals surface area contributed by atoms with Crippen LogP contribution in [0.3, 0.4) is 0 Å². The van der Waals surface area contributed by atoms with Crippen molar-refractivity contribution in [1.82, 2.24) is 20.1 Å². The van der Waals surface area contributed by atoms with E-state index in [2.05, 4.69) is 26.1 Å². The molecule has 7 heteroatoms. The molecular formula is C20H18N6O. The van der Waals surface area contributed by atoms with Crippen LogP contribution in [0, 0.1) is 17.2 Å². The van der Waals surface area contributed by atoms with E-state index in [0.29, 0.717) is 17.4 Å². The first-order valence-corrected chi connectivity index (χ1v) is 9.15. The van der Waals surface area contributed by atoms with Crippen LogP contribution in [0.2, 0.25) is 0 Å². The van der Waals surface area contributed by atoms with Crippen LogP contribution in [-0.2, 0) is 5.41 Å². The molecule has 2 aliphatic rings. The van der Waals surface area contributed by atoms with E-state index in [1.54, 1.807) is 6.20 Å². The van der Waals surface area contributed by atoms with E-state index < -0.39 is 0 Å². The second kappa shape index (κ2) is 6.16. The normalized spacial score (nSPS) is 24.0. The van der Waals surface area contributed by atoms with Crippen molar-refractivity contribution in [3.63, 3.8) is 0 Å². The predicted octanol–water partition coefficient (Wildman–Crippen LogP) is 2.96. The van der Waals surface area contributed by atoms with E-state index in [9.17, 15) is 0 Å². The number of fused-ring (bicyclic) bond motifs is 1. The summed E-state index contributed by atoms with van der Waals surface area (Å²) in [6.45, 7) is 1.63. The van der Waals surface area contributed by atoms with Crippen LogP contribution < -0.4 is 4.90 Å². The number of anilines is 1. The van der Waals surface area contributed by atoms with Crippen molar-refractivity contribution in [1.29, 1.82) is 5.26 Å². The van der Waals surface area contributed by atoms with Gasteiger partial charge in [-0.05, 0) is 18.8 Å². The molecule has 0 N–H and O–H groups in total. The Morgan fingerprint density at radius 1 is 1.19 bits per heavy atom. The van der Waals surface area contributed by atoms with Gasteiger partial charge < -0.3 is 9.42 Å². The van der Waals surface area contributed by atoms with Gasteiger partial charge in [-0.2, -0.15) is 10.2 Å². The molecule has 3 aromatic rings. The number of nitriles is 1. The second-order valence-electron chi connectivity index (χ2n) is 7.29. The molecule has 27 heavy (non-hydrogen) atoms. The minimum atomic E-state index is -0.148. The summed E-state index contributed by atoms with van der Waals surface area (Å²) in [5.74, 6) is 2.53. The minimum absolute atomic E-state index is 0.148. The lowest BCUT2D eigenvalue weighted by Crippen LogP contribution is -2.32. The van der Waals surface area contributed by atoms with Gasteiger partial charge in [0.2, 0.25) is 11.7 Å². The number of hydrogen-bond donors (Lipinski definition) is 0. The van der Waals surface area contributed by atoms with Crippen LogP contribution in [0.1, 0.15) is 30.8 Å². The van der Waals surface area contributed by atoms with E-state index >= 15 is 0 Å². The van der Waals surface area contributed by atoms with Crippen molar-refractivity contribution in [2.45, 2.75) is 24.7 Å². The Balaban J connectivity index is 1.48. The zero-order valence-corrected chi connectivity index (χ0v) is 14.7. The lowest BCUT2D eigenvalue weighted by molar-refractivity contribution is 0.266. The summed E-state index contributed by atoms with van der Waals surface area (Å²) in [7, 11) is 0. The number of hydrogen-bond acceptors (Lipinski definition) is 7. The lowest BCUT2D eigenvalue weighted by Gasteiger charge is -2.24. The molecule has 7 nitrogen and oxygen atoms in total. The third-order valence-corrected chi connectivity index (χ3v) is 5.82. The van der Waals surface area contributed by atoms with Gasteiger partial charge >= 0.3 is 0 Å². The maximum atomic E-state index is 9.10. The fourth-order valence-electron chi connectivity index (χ4n) is 4.51. The molecular weight excluding hydrogens is 340 g/mol. The van der Waals surface area contributed by atoms with Gasteiger partial charge in [0.25, 0.3) is 0 Å². The average Bonchev–Trinajstić information content (AvgIpc) is 3.43. The summed E-state index contributed by atoms with van der Waals surface area (Å²) >= 11 is 0. The highest BCUT2D eigenvalue weighted by atomic mass is 16.5. The maximum absolute atomic E-state index is 9.10. The molecule has 1 aromatic carbocycles. The van der Waals surface area contributed by atoms with E-state index in [4.69, 9.17) is 14.8 Å². The lowest BCUT2D eigenvalue weighted by atomic mass is 9.80. The van der Waals surface area contributed by atoms with Gasteiger partial charge in [0.15, 0.2) is 5.69 Å². The van der Waals surface area contributed by atoms with Gasteiger partial charge in [0.1, 0.15) is 11.9 Å². The van der Waals surface area contributed by atoms with Gasteiger partial charge in [0.05, 0.1) is 17.8 Å². The van der Waals surface area contributed by atoms with Gasteiger partial charge in [-0.25, -0.2) is 4.98 Å². The van der Waals surface area contributed by atoms with E-state index in [0.717, 1.165) is 49.6 Å². The molecule has 0 radical (unpaired) electrons. The Kier molecular flexibility index (Phi) is 3.64. The third-order valence-electron chi connectivity index (χ3n) is 5.82. The molecule has 1 saturated carbocycles. The van der Waals surface area contributed by atoms with E-state index in [-0.39, 0.29) is 5.41 Å². The highest BCUT2D eigenvalue weighted by Gasteiger charge is 2.54. The second-order valence-corrected chi connectivity index (χ2v) is 7.29. The van der Waals surface area contributed by atoms with E-state index in [1.165, 1.54) is 6.20 Å². The standard InChI is InChI=1S/C20H18N6O/c21-9-16-10-22-11-17(23-16)26-12-15-7-4-8-20(15,13-26)19-24-18(25-27-19)14-5-2-1-3-6-14/h1-3,5-6,10-11,15H,4,7-8,12-13H2/t15-,20-/m1/s1. The van der Waals surface area contributed by atoms with Crippen LogP contribution in [0.15, 0.2) is 47.2 Å². The van der Waals surface area contributed by atoms with Gasteiger partial charge in [-0.15, -0.1) is 0 Å². The van der Waals surface area contributed by atoms with Crippen LogP contribution >= 0.6 is 0 Å². The summed E-state index contributed by atoms with van der Waals surface area (Å²) in [5, 5.41) is 13.3. The van der Waals surface area contributed by atoms with Crippen molar-refractivity contribution in [3.8, 4) is 17.5 Å². The predicted molar refractivity (Wildman–Crippen MR) is 97.7 cm³/mol. The molecule has 0 bridgehead atoms. The highest BCUT2D eigenvalue weighted by Crippen LogP contribution is 2.50. The minimum Gasteiger partial charge on any atom is -0.354 e. The van der Waals surface area contributed by atoms with Crippen LogP contribution in [-0.4, -0.2) is 33.2 Å². The van der Waals surface area contributed by atoms with Crippen molar-refractivity contribution >= 4 is 5.82 Å². The molecule has 134 valence electrons. The summed E-state index contributed by atoms with van der Waals surface area (Å²) in [6.07, 6.45) is 6.52. The van der Waals surface area contributed by atoms with Crippen LogP contribution in [0.4, 0.5) is 5.82 Å². The van der Waals surface area contributed by atoms with Gasteiger partial charge in [-0.3, -0.25) is 4.98 Å². The van der Waals surface area contributed by atoms with Crippen molar-refractivity contribution in [2.24, 2.45) is 5.92 Å². The zero-order valence-electron chi connectivity index (χ0n) is 14.7. The monoisotopic (exact) mass is 358 g/mol. The molecule has 5 rings (SSSR count). The Morgan fingerprint density at radius 2 is 2.07 bits per heavy atom. The van der Waals surface area contributed by atoms with Gasteiger partial charge in [-0.1, -0.05) is 41.9 Å². The molecule has 3 heterocycles. The highest BCUT2D eigenvalue weighted by molar-refractivity contribution is 5.54. The fraction of sp³-hybridized carbons (Fsp3) is 0.350. The van der Waals surface area contributed by atoms with Crippen LogP contribution in [0.5, 0.6) is 0 Å². The molecule has 1 saturated heterocycles. The summed E-state index contributed by atoms with van der Waals surface area (Å²) in [5.41, 5.74) is 1.15. The SMILES string of the molecule is N#Cc1cncc(N2C[C@H]3CCC[C@@]3(c3nc(-c4ccccc4)no3)C2)n1. The average molecular weight is 358 g/mol. The summed E-state index contributed by atoms with van der Waals surface area (Å²) in [6, 6.07) is 12.0. The third kappa shape index (κ3) is 2.56. The molecule has 0 unspecified atom stereocenters. The first-order chi connectivity index (χ1) is 13.3. The fourth-order valence-corrected chi connectivity index (χ4v) is 4.51. The first-order valence-electron chi connectivity index (χ1n) is 9.15. The first kappa shape index (κ1) is 15.9. The quantitative estimate of drug-likeness (QED) is 0.711. The van der Waals surface area contributed by atoms with Crippen molar-refractivity contribution in [3.05, 3.63) is 54.3 Å². The Bertz CT molecular complexity index is 1010. The largest absolute Gasteiger partial charge is 0.354 e. The molecule has 2 atom stereocenters. The van der Waals surface area contributed by atoms with E-state index in [1.807, 2.05) is 30.3 Å². The Hall–Kier alpha value is -3.27. The molecule has 2 aromatic heterocycles. The molecule has 2 fully saturated rings. The molecule has 0 amide bonds. The maximum Gasteiger partial charge on any atom is 0.235 e. The van der Waals surface area contributed by atoms with Crippen LogP contribution in [0.25, 0.3) is 11.4 Å². The molecule has 1 aliphatic carbocycles. The molecule has 0 spiro atoms.